The summed E-state index contributed by atoms with van der Waals surface area (Å²) < 4.78 is 43.3. The van der Waals surface area contributed by atoms with Gasteiger partial charge in [-0.05, 0) is 6.42 Å². The molecule has 4 aromatic rings. The van der Waals surface area contributed by atoms with Crippen LogP contribution in [0.15, 0.2) is 36.9 Å². The van der Waals surface area contributed by atoms with E-state index >= 15 is 0 Å². The minimum atomic E-state index is -5.08. The SMILES string of the molecule is CCc1[nH]c2nc(Oc3cncc(C#N)c3)nc(Oc3cncc(C#N)c3)c2c1Cl.O=C(O)C(F)(F)F. The van der Waals surface area contributed by atoms with Crippen molar-refractivity contribution in [2.75, 3.05) is 0 Å². The van der Waals surface area contributed by atoms with Crippen molar-refractivity contribution in [2.24, 2.45) is 0 Å². The summed E-state index contributed by atoms with van der Waals surface area (Å²) in [6.45, 7) is 1.95. The third-order valence-corrected chi connectivity index (χ3v) is 4.73. The van der Waals surface area contributed by atoms with Gasteiger partial charge in [-0.2, -0.15) is 33.7 Å². The Balaban J connectivity index is 0.000000479. The zero-order valence-electron chi connectivity index (χ0n) is 18.5. The Bertz CT molecular complexity index is 1540. The first-order valence-corrected chi connectivity index (χ1v) is 10.4. The van der Waals surface area contributed by atoms with Gasteiger partial charge in [-0.3, -0.25) is 9.97 Å². The highest BCUT2D eigenvalue weighted by Gasteiger charge is 2.38. The van der Waals surface area contributed by atoms with Crippen molar-refractivity contribution in [1.82, 2.24) is 24.9 Å². The largest absolute Gasteiger partial charge is 0.490 e. The molecule has 4 heterocycles. The second-order valence-corrected chi connectivity index (χ2v) is 7.23. The normalized spacial score (nSPS) is 10.6. The fourth-order valence-corrected chi connectivity index (χ4v) is 3.06. The number of nitriles is 2. The smallest absolute Gasteiger partial charge is 0.475 e. The summed E-state index contributed by atoms with van der Waals surface area (Å²) in [5.41, 5.74) is 1.86. The molecule has 0 atom stereocenters. The van der Waals surface area contributed by atoms with Gasteiger partial charge in [-0.1, -0.05) is 18.5 Å². The second-order valence-electron chi connectivity index (χ2n) is 6.86. The first-order chi connectivity index (χ1) is 17.5. The lowest BCUT2D eigenvalue weighted by Gasteiger charge is -2.09. The number of fused-ring (bicyclic) bond motifs is 1. The molecule has 15 heteroatoms. The monoisotopic (exact) mass is 531 g/mol. The number of carboxylic acids is 1. The van der Waals surface area contributed by atoms with Crippen LogP contribution in [0.5, 0.6) is 23.4 Å². The van der Waals surface area contributed by atoms with Crippen LogP contribution >= 0.6 is 11.6 Å². The molecule has 0 spiro atoms. The molecule has 0 bridgehead atoms. The molecule has 0 radical (unpaired) electrons. The number of H-pyrrole nitrogens is 1. The number of ether oxygens (including phenoxy) is 2. The predicted molar refractivity (Wildman–Crippen MR) is 120 cm³/mol. The van der Waals surface area contributed by atoms with Crippen molar-refractivity contribution < 1.29 is 32.5 Å². The van der Waals surface area contributed by atoms with Gasteiger partial charge in [0.2, 0.25) is 5.88 Å². The zero-order valence-corrected chi connectivity index (χ0v) is 19.3. The van der Waals surface area contributed by atoms with Gasteiger partial charge in [0.15, 0.2) is 5.75 Å². The van der Waals surface area contributed by atoms with Crippen molar-refractivity contribution >= 4 is 28.6 Å². The van der Waals surface area contributed by atoms with Gasteiger partial charge in [-0.15, -0.1) is 0 Å². The van der Waals surface area contributed by atoms with Crippen molar-refractivity contribution in [2.45, 2.75) is 19.5 Å². The molecule has 0 aliphatic rings. The fraction of sp³-hybridized carbons (Fsp3) is 0.136. The van der Waals surface area contributed by atoms with Crippen molar-refractivity contribution in [3.05, 3.63) is 58.8 Å². The summed E-state index contributed by atoms with van der Waals surface area (Å²) in [6.07, 6.45) is 1.29. The van der Waals surface area contributed by atoms with E-state index in [1.54, 1.807) is 0 Å². The molecule has 0 fully saturated rings. The molecule has 0 saturated carbocycles. The molecule has 4 rings (SSSR count). The van der Waals surface area contributed by atoms with E-state index in [0.29, 0.717) is 45.1 Å². The second kappa shape index (κ2) is 11.2. The molecule has 0 aliphatic carbocycles. The summed E-state index contributed by atoms with van der Waals surface area (Å²) >= 11 is 6.49. The number of alkyl halides is 3. The van der Waals surface area contributed by atoms with Crippen molar-refractivity contribution in [1.29, 1.82) is 10.5 Å². The standard InChI is InChI=1S/C20H12ClN7O2.C2HF3O2/c1-2-15-17(21)16-18(26-15)27-20(30-14-4-12(6-23)8-25-10-14)28-19(16)29-13-3-11(5-22)7-24-9-13;3-2(4,5)1(6)7/h3-4,7-10H,2H2,1H3,(H,26,27,28);(H,6,7). The summed E-state index contributed by atoms with van der Waals surface area (Å²) in [4.78, 5) is 28.7. The Morgan fingerprint density at radius 1 is 1.05 bits per heavy atom. The van der Waals surface area contributed by atoms with Crippen LogP contribution in [0.4, 0.5) is 13.2 Å². The van der Waals surface area contributed by atoms with Crippen LogP contribution in [0, 0.1) is 22.7 Å². The van der Waals surface area contributed by atoms with Crippen molar-refractivity contribution in [3.8, 4) is 35.5 Å². The van der Waals surface area contributed by atoms with Gasteiger partial charge in [0.1, 0.15) is 28.9 Å². The molecule has 37 heavy (non-hydrogen) atoms. The Hall–Kier alpha value is -4.95. The lowest BCUT2D eigenvalue weighted by atomic mass is 10.3. The lowest BCUT2D eigenvalue weighted by molar-refractivity contribution is -0.192. The number of aliphatic carboxylic acids is 1. The quantitative estimate of drug-likeness (QED) is 0.360. The van der Waals surface area contributed by atoms with E-state index in [0.717, 1.165) is 5.69 Å². The van der Waals surface area contributed by atoms with Crippen LogP contribution in [0.2, 0.25) is 5.02 Å². The summed E-state index contributed by atoms with van der Waals surface area (Å²) in [6, 6.07) is 7.01. The average Bonchev–Trinajstić information content (AvgIpc) is 3.19. The van der Waals surface area contributed by atoms with E-state index in [4.69, 9.17) is 41.5 Å². The number of aryl methyl sites for hydroxylation is 1. The van der Waals surface area contributed by atoms with E-state index in [1.165, 1.54) is 36.9 Å². The molecule has 11 nitrogen and oxygen atoms in total. The van der Waals surface area contributed by atoms with Crippen LogP contribution < -0.4 is 9.47 Å². The number of pyridine rings is 2. The maximum Gasteiger partial charge on any atom is 0.490 e. The molecular weight excluding hydrogens is 519 g/mol. The van der Waals surface area contributed by atoms with Gasteiger partial charge < -0.3 is 19.6 Å². The summed E-state index contributed by atoms with van der Waals surface area (Å²) in [5.74, 6) is -2.02. The molecule has 0 unspecified atom stereocenters. The topological polar surface area (TPSA) is 171 Å². The number of carbonyl (C=O) groups is 1. The number of nitrogens with one attached hydrogen (secondary N) is 1. The summed E-state index contributed by atoms with van der Waals surface area (Å²) in [7, 11) is 0. The first kappa shape index (κ1) is 26.7. The van der Waals surface area contributed by atoms with Gasteiger partial charge in [-0.25, -0.2) is 4.79 Å². The van der Waals surface area contributed by atoms with Gasteiger partial charge in [0.25, 0.3) is 0 Å². The van der Waals surface area contributed by atoms with Gasteiger partial charge >= 0.3 is 18.2 Å². The van der Waals surface area contributed by atoms with E-state index < -0.39 is 12.1 Å². The number of hydrogen-bond donors (Lipinski definition) is 2. The third kappa shape index (κ3) is 6.59. The molecule has 0 aliphatic heterocycles. The molecule has 0 saturated heterocycles. The van der Waals surface area contributed by atoms with Crippen LogP contribution in [-0.4, -0.2) is 42.2 Å². The minimum Gasteiger partial charge on any atom is -0.475 e. The third-order valence-electron chi connectivity index (χ3n) is 4.31. The molecule has 188 valence electrons. The first-order valence-electron chi connectivity index (χ1n) is 9.99. The molecule has 0 amide bonds. The molecule has 2 N–H and O–H groups in total. The van der Waals surface area contributed by atoms with Gasteiger partial charge in [0.05, 0.1) is 28.5 Å². The Morgan fingerprint density at radius 3 is 2.08 bits per heavy atom. The number of hydrogen-bond acceptors (Lipinski definition) is 9. The van der Waals surface area contributed by atoms with Crippen LogP contribution in [-0.2, 0) is 11.2 Å². The van der Waals surface area contributed by atoms with E-state index in [-0.39, 0.29) is 11.9 Å². The predicted octanol–water partition coefficient (Wildman–Crippen LogP) is 4.92. The fourth-order valence-electron chi connectivity index (χ4n) is 2.71. The number of aromatic nitrogens is 5. The zero-order chi connectivity index (χ0) is 27.2. The highest BCUT2D eigenvalue weighted by Crippen LogP contribution is 2.37. The Morgan fingerprint density at radius 2 is 1.59 bits per heavy atom. The van der Waals surface area contributed by atoms with Crippen molar-refractivity contribution in [3.63, 3.8) is 0 Å². The van der Waals surface area contributed by atoms with Crippen LogP contribution in [0.25, 0.3) is 11.0 Å². The number of aromatic amines is 1. The molecular formula is C22H13ClF3N7O4. The number of nitrogens with zero attached hydrogens (tertiary/aromatic N) is 6. The van der Waals surface area contributed by atoms with Crippen LogP contribution in [0.3, 0.4) is 0 Å². The summed E-state index contributed by atoms with van der Waals surface area (Å²) in [5, 5.41) is 26.2. The van der Waals surface area contributed by atoms with E-state index in [1.807, 2.05) is 19.1 Å². The maximum atomic E-state index is 10.6. The van der Waals surface area contributed by atoms with Gasteiger partial charge in [0, 0.05) is 30.2 Å². The number of carboxylic acid groups (broad SMARTS) is 1. The highest BCUT2D eigenvalue weighted by molar-refractivity contribution is 6.36. The van der Waals surface area contributed by atoms with E-state index in [2.05, 4.69) is 24.9 Å². The average molecular weight is 532 g/mol. The number of rotatable bonds is 5. The Labute approximate surface area is 210 Å². The Kier molecular flexibility index (Phi) is 8.06. The molecule has 0 aromatic carbocycles. The highest BCUT2D eigenvalue weighted by atomic mass is 35.5. The lowest BCUT2D eigenvalue weighted by Crippen LogP contribution is -2.21. The maximum absolute atomic E-state index is 10.6. The number of halogens is 4. The van der Waals surface area contributed by atoms with Crippen LogP contribution in [0.1, 0.15) is 23.7 Å². The van der Waals surface area contributed by atoms with E-state index in [9.17, 15) is 13.2 Å². The minimum absolute atomic E-state index is 0.0284. The molecule has 4 aromatic heterocycles.